The van der Waals surface area contributed by atoms with Gasteiger partial charge in [0, 0.05) is 30.1 Å². The third kappa shape index (κ3) is 1.71. The number of hydrogen-bond donors (Lipinski definition) is 2. The van der Waals surface area contributed by atoms with Crippen molar-refractivity contribution in [3.63, 3.8) is 0 Å². The minimum Gasteiger partial charge on any atom is -0.315 e. The largest absolute Gasteiger partial charge is 0.315 e. The van der Waals surface area contributed by atoms with Crippen LogP contribution < -0.4 is 10.6 Å². The fourth-order valence-electron chi connectivity index (χ4n) is 1.78. The Morgan fingerprint density at radius 2 is 2.00 bits per heavy atom. The van der Waals surface area contributed by atoms with Crippen LogP contribution in [0, 0.1) is 0 Å². The zero-order chi connectivity index (χ0) is 7.57. The van der Waals surface area contributed by atoms with Gasteiger partial charge in [-0.25, -0.2) is 0 Å². The molecular formula is C8H16N2S. The van der Waals surface area contributed by atoms with Crippen LogP contribution in [0.15, 0.2) is 0 Å². The molecule has 2 fully saturated rings. The van der Waals surface area contributed by atoms with Crippen molar-refractivity contribution in [3.8, 4) is 0 Å². The fraction of sp³-hybridized carbons (Fsp3) is 1.00. The van der Waals surface area contributed by atoms with Crippen molar-refractivity contribution >= 4 is 11.8 Å². The highest BCUT2D eigenvalue weighted by Gasteiger charge is 2.36. The van der Waals surface area contributed by atoms with Gasteiger partial charge < -0.3 is 10.6 Å². The SMILES string of the molecule is C1CNCCNC2(C1)CSC2. The molecule has 2 nitrogen and oxygen atoms in total. The van der Waals surface area contributed by atoms with Crippen molar-refractivity contribution in [3.05, 3.63) is 0 Å². The number of nitrogens with one attached hydrogen (secondary N) is 2. The van der Waals surface area contributed by atoms with Gasteiger partial charge in [-0.05, 0) is 19.4 Å². The van der Waals surface area contributed by atoms with Crippen molar-refractivity contribution in [2.24, 2.45) is 0 Å². The molecule has 0 aromatic carbocycles. The summed E-state index contributed by atoms with van der Waals surface area (Å²) in [4.78, 5) is 0. The molecule has 0 aliphatic carbocycles. The van der Waals surface area contributed by atoms with Crippen LogP contribution in [0.1, 0.15) is 12.8 Å². The van der Waals surface area contributed by atoms with E-state index >= 15 is 0 Å². The van der Waals surface area contributed by atoms with Crippen molar-refractivity contribution in [2.45, 2.75) is 18.4 Å². The molecule has 0 unspecified atom stereocenters. The molecule has 0 atom stereocenters. The normalized spacial score (nSPS) is 30.5. The Morgan fingerprint density at radius 1 is 1.09 bits per heavy atom. The maximum absolute atomic E-state index is 3.65. The molecule has 64 valence electrons. The summed E-state index contributed by atoms with van der Waals surface area (Å²) in [5, 5.41) is 7.05. The first-order valence-electron chi connectivity index (χ1n) is 4.45. The second-order valence-electron chi connectivity index (χ2n) is 3.55. The van der Waals surface area contributed by atoms with E-state index in [0.717, 1.165) is 13.1 Å². The predicted molar refractivity (Wildman–Crippen MR) is 50.2 cm³/mol. The van der Waals surface area contributed by atoms with Crippen molar-refractivity contribution in [2.75, 3.05) is 31.1 Å². The molecule has 3 heteroatoms. The lowest BCUT2D eigenvalue weighted by Crippen LogP contribution is -2.58. The molecule has 1 spiro atoms. The predicted octanol–water partition coefficient (Wildman–Crippen LogP) is 0.445. The summed E-state index contributed by atoms with van der Waals surface area (Å²) in [6, 6.07) is 0. The zero-order valence-corrected chi connectivity index (χ0v) is 7.67. The summed E-state index contributed by atoms with van der Waals surface area (Å²) in [5.74, 6) is 2.68. The summed E-state index contributed by atoms with van der Waals surface area (Å²) in [6.07, 6.45) is 2.71. The second kappa shape index (κ2) is 3.33. The Morgan fingerprint density at radius 3 is 2.73 bits per heavy atom. The lowest BCUT2D eigenvalue weighted by atomic mass is 9.96. The van der Waals surface area contributed by atoms with Gasteiger partial charge in [-0.1, -0.05) is 0 Å². The van der Waals surface area contributed by atoms with Crippen LogP contribution in [0.3, 0.4) is 0 Å². The van der Waals surface area contributed by atoms with Crippen LogP contribution >= 0.6 is 11.8 Å². The van der Waals surface area contributed by atoms with Crippen molar-refractivity contribution in [1.29, 1.82) is 0 Å². The maximum Gasteiger partial charge on any atom is 0.0363 e. The smallest absolute Gasteiger partial charge is 0.0363 e. The van der Waals surface area contributed by atoms with Gasteiger partial charge in [0.05, 0.1) is 0 Å². The molecule has 11 heavy (non-hydrogen) atoms. The Balaban J connectivity index is 1.86. The van der Waals surface area contributed by atoms with E-state index in [1.54, 1.807) is 0 Å². The number of rotatable bonds is 0. The summed E-state index contributed by atoms with van der Waals surface area (Å²) in [5.41, 5.74) is 0.548. The minimum atomic E-state index is 0.548. The molecule has 0 aromatic rings. The topological polar surface area (TPSA) is 24.1 Å². The summed E-state index contributed by atoms with van der Waals surface area (Å²) >= 11 is 2.08. The highest BCUT2D eigenvalue weighted by atomic mass is 32.2. The molecule has 2 aliphatic rings. The van der Waals surface area contributed by atoms with E-state index in [4.69, 9.17) is 0 Å². The standard InChI is InChI=1S/C8H16N2S/c1-2-8(6-11-7-8)10-5-4-9-3-1/h9-10H,1-7H2. The molecule has 0 bridgehead atoms. The van der Waals surface area contributed by atoms with E-state index in [0.29, 0.717) is 5.54 Å². The van der Waals surface area contributed by atoms with Gasteiger partial charge >= 0.3 is 0 Å². The van der Waals surface area contributed by atoms with Crippen molar-refractivity contribution in [1.82, 2.24) is 10.6 Å². The van der Waals surface area contributed by atoms with Gasteiger partial charge in [0.2, 0.25) is 0 Å². The minimum absolute atomic E-state index is 0.548. The molecule has 2 rings (SSSR count). The molecule has 0 saturated carbocycles. The number of hydrogen-bond acceptors (Lipinski definition) is 3. The monoisotopic (exact) mass is 172 g/mol. The van der Waals surface area contributed by atoms with E-state index < -0.39 is 0 Å². The van der Waals surface area contributed by atoms with Gasteiger partial charge in [-0.3, -0.25) is 0 Å². The molecule has 0 amide bonds. The first-order valence-corrected chi connectivity index (χ1v) is 5.60. The summed E-state index contributed by atoms with van der Waals surface area (Å²) in [7, 11) is 0. The van der Waals surface area contributed by atoms with Crippen LogP contribution in [0.25, 0.3) is 0 Å². The highest BCUT2D eigenvalue weighted by molar-refractivity contribution is 8.00. The summed E-state index contributed by atoms with van der Waals surface area (Å²) in [6.45, 7) is 3.51. The molecule has 2 aliphatic heterocycles. The van der Waals surface area contributed by atoms with Crippen LogP contribution in [0.2, 0.25) is 0 Å². The van der Waals surface area contributed by atoms with Crippen molar-refractivity contribution < 1.29 is 0 Å². The van der Waals surface area contributed by atoms with Gasteiger partial charge in [-0.2, -0.15) is 11.8 Å². The highest BCUT2D eigenvalue weighted by Crippen LogP contribution is 2.33. The quantitative estimate of drug-likeness (QED) is 0.554. The third-order valence-electron chi connectivity index (χ3n) is 2.57. The zero-order valence-electron chi connectivity index (χ0n) is 6.86. The summed E-state index contributed by atoms with van der Waals surface area (Å²) < 4.78 is 0. The average molecular weight is 172 g/mol. The number of thioether (sulfide) groups is 1. The van der Waals surface area contributed by atoms with Gasteiger partial charge in [0.1, 0.15) is 0 Å². The van der Waals surface area contributed by atoms with Crippen LogP contribution in [-0.2, 0) is 0 Å². The first kappa shape index (κ1) is 7.90. The van der Waals surface area contributed by atoms with E-state index in [-0.39, 0.29) is 0 Å². The Hall–Kier alpha value is 0.270. The van der Waals surface area contributed by atoms with Gasteiger partial charge in [0.15, 0.2) is 0 Å². The van der Waals surface area contributed by atoms with Gasteiger partial charge in [-0.15, -0.1) is 0 Å². The van der Waals surface area contributed by atoms with Crippen LogP contribution in [0.4, 0.5) is 0 Å². The Labute approximate surface area is 72.5 Å². The molecule has 0 radical (unpaired) electrons. The Bertz CT molecular complexity index is 124. The molecule has 2 saturated heterocycles. The van der Waals surface area contributed by atoms with E-state index in [1.807, 2.05) is 0 Å². The lowest BCUT2D eigenvalue weighted by molar-refractivity contribution is 0.328. The Kier molecular flexibility index (Phi) is 2.39. The lowest BCUT2D eigenvalue weighted by Gasteiger charge is -2.43. The van der Waals surface area contributed by atoms with Crippen LogP contribution in [0.5, 0.6) is 0 Å². The van der Waals surface area contributed by atoms with Crippen LogP contribution in [-0.4, -0.2) is 36.7 Å². The third-order valence-corrected chi connectivity index (χ3v) is 4.08. The van der Waals surface area contributed by atoms with Gasteiger partial charge in [0.25, 0.3) is 0 Å². The molecule has 0 aromatic heterocycles. The average Bonchev–Trinajstić information content (AvgIpc) is 1.82. The van der Waals surface area contributed by atoms with E-state index in [1.165, 1.54) is 30.9 Å². The maximum atomic E-state index is 3.65. The molecule has 2 N–H and O–H groups in total. The first-order chi connectivity index (χ1) is 5.41. The fourth-order valence-corrected chi connectivity index (χ4v) is 2.97. The second-order valence-corrected chi connectivity index (χ2v) is 4.54. The van der Waals surface area contributed by atoms with E-state index in [9.17, 15) is 0 Å². The molecular weight excluding hydrogens is 156 g/mol. The van der Waals surface area contributed by atoms with E-state index in [2.05, 4.69) is 22.4 Å². The molecule has 2 heterocycles.